The molecule has 0 aliphatic carbocycles. The highest BCUT2D eigenvalue weighted by atomic mass is 16.6. The van der Waals surface area contributed by atoms with Crippen molar-refractivity contribution in [2.45, 2.75) is 45.3 Å². The molecule has 1 aliphatic rings. The fourth-order valence-corrected chi connectivity index (χ4v) is 4.12. The van der Waals surface area contributed by atoms with E-state index in [9.17, 15) is 4.79 Å². The molecule has 0 saturated carbocycles. The molecule has 0 spiro atoms. The predicted molar refractivity (Wildman–Crippen MR) is 117 cm³/mol. The lowest BCUT2D eigenvalue weighted by atomic mass is 9.85. The molecule has 0 radical (unpaired) electrons. The second kappa shape index (κ2) is 8.34. The summed E-state index contributed by atoms with van der Waals surface area (Å²) >= 11 is 0. The third-order valence-electron chi connectivity index (χ3n) is 5.47. The first-order valence-corrected chi connectivity index (χ1v) is 10.5. The Labute approximate surface area is 176 Å². The molecule has 158 valence electrons. The monoisotopic (exact) mass is 407 g/mol. The number of carbonyl (C=O) groups excluding carboxylic acids is 1. The average molecular weight is 408 g/mol. The second-order valence-corrected chi connectivity index (χ2v) is 8.80. The van der Waals surface area contributed by atoms with Gasteiger partial charge < -0.3 is 19.9 Å². The molecule has 3 heterocycles. The van der Waals surface area contributed by atoms with Gasteiger partial charge in [-0.3, -0.25) is 0 Å². The van der Waals surface area contributed by atoms with Gasteiger partial charge in [0.15, 0.2) is 0 Å². The van der Waals surface area contributed by atoms with Gasteiger partial charge in [-0.15, -0.1) is 0 Å². The number of rotatable bonds is 4. The van der Waals surface area contributed by atoms with Crippen LogP contribution in [0.4, 0.5) is 10.6 Å². The lowest BCUT2D eigenvalue weighted by molar-refractivity contribution is 0.0479. The number of fused-ring (bicyclic) bond motifs is 1. The Hall–Kier alpha value is -3.09. The van der Waals surface area contributed by atoms with Crippen LogP contribution in [-0.2, 0) is 4.74 Å². The fourth-order valence-electron chi connectivity index (χ4n) is 4.12. The van der Waals surface area contributed by atoms with Crippen LogP contribution in [0, 0.1) is 5.92 Å². The summed E-state index contributed by atoms with van der Waals surface area (Å²) < 4.78 is 5.53. The minimum absolute atomic E-state index is 0.0825. The van der Waals surface area contributed by atoms with Crippen molar-refractivity contribution >= 4 is 22.9 Å². The molecule has 3 aromatic rings. The van der Waals surface area contributed by atoms with Crippen LogP contribution in [0.3, 0.4) is 0 Å². The summed E-state index contributed by atoms with van der Waals surface area (Å²) in [5.74, 6) is 1.29. The van der Waals surface area contributed by atoms with Gasteiger partial charge >= 0.3 is 6.09 Å². The number of H-pyrrole nitrogens is 1. The molecule has 2 N–H and O–H groups in total. The number of piperidine rings is 1. The Morgan fingerprint density at radius 3 is 2.60 bits per heavy atom. The summed E-state index contributed by atoms with van der Waals surface area (Å²) in [5.41, 5.74) is 1.44. The molecule has 1 fully saturated rings. The molecule has 1 atom stereocenters. The number of benzene rings is 1. The lowest BCUT2D eigenvalue weighted by Crippen LogP contribution is -2.42. The maximum atomic E-state index is 12.5. The van der Waals surface area contributed by atoms with Gasteiger partial charge in [0, 0.05) is 19.3 Å². The van der Waals surface area contributed by atoms with E-state index < -0.39 is 5.60 Å². The van der Waals surface area contributed by atoms with E-state index in [2.05, 4.69) is 37.3 Å². The molecule has 7 heteroatoms. The zero-order valence-electron chi connectivity index (χ0n) is 17.8. The zero-order valence-corrected chi connectivity index (χ0v) is 17.8. The standard InChI is InChI=1S/C23H29N5O2/c1-23(2,3)30-22(29)27-19(16-7-5-4-6-8-16)17-10-13-28(14-11-17)21-18-9-12-24-20(18)25-15-26-21/h4-9,12,15,17,19H,10-11,13-14H2,1-3H3,(H,27,29)(H,24,25,26). The van der Waals surface area contributed by atoms with E-state index in [-0.39, 0.29) is 12.1 Å². The summed E-state index contributed by atoms with van der Waals surface area (Å²) in [4.78, 5) is 26.8. The Balaban J connectivity index is 1.49. The molecule has 30 heavy (non-hydrogen) atoms. The fraction of sp³-hybridized carbons (Fsp3) is 0.435. The molecule has 4 rings (SSSR count). The predicted octanol–water partition coefficient (Wildman–Crippen LogP) is 4.44. The summed E-state index contributed by atoms with van der Waals surface area (Å²) in [5, 5.41) is 4.17. The van der Waals surface area contributed by atoms with Crippen LogP contribution in [0.25, 0.3) is 11.0 Å². The normalized spacial score (nSPS) is 16.4. The van der Waals surface area contributed by atoms with Crippen LogP contribution in [0.5, 0.6) is 0 Å². The number of hydrogen-bond acceptors (Lipinski definition) is 5. The molecular weight excluding hydrogens is 378 g/mol. The van der Waals surface area contributed by atoms with Crippen molar-refractivity contribution in [2.24, 2.45) is 5.92 Å². The van der Waals surface area contributed by atoms with Crippen molar-refractivity contribution < 1.29 is 9.53 Å². The zero-order chi connectivity index (χ0) is 21.1. The van der Waals surface area contributed by atoms with Crippen molar-refractivity contribution in [3.05, 3.63) is 54.5 Å². The second-order valence-electron chi connectivity index (χ2n) is 8.80. The maximum Gasteiger partial charge on any atom is 0.408 e. The van der Waals surface area contributed by atoms with Gasteiger partial charge in [0.2, 0.25) is 0 Å². The van der Waals surface area contributed by atoms with Crippen molar-refractivity contribution in [1.82, 2.24) is 20.3 Å². The first-order chi connectivity index (χ1) is 14.4. The van der Waals surface area contributed by atoms with E-state index >= 15 is 0 Å². The Morgan fingerprint density at radius 2 is 1.90 bits per heavy atom. The van der Waals surface area contributed by atoms with E-state index in [1.165, 1.54) is 0 Å². The number of carbonyl (C=O) groups is 1. The van der Waals surface area contributed by atoms with Crippen LogP contribution in [-0.4, -0.2) is 39.7 Å². The number of anilines is 1. The summed E-state index contributed by atoms with van der Waals surface area (Å²) in [6.45, 7) is 7.40. The largest absolute Gasteiger partial charge is 0.444 e. The first kappa shape index (κ1) is 20.2. The number of hydrogen-bond donors (Lipinski definition) is 2. The van der Waals surface area contributed by atoms with Crippen LogP contribution in [0.15, 0.2) is 48.9 Å². The van der Waals surface area contributed by atoms with Crippen molar-refractivity contribution in [3.63, 3.8) is 0 Å². The quantitative estimate of drug-likeness (QED) is 0.668. The minimum Gasteiger partial charge on any atom is -0.444 e. The number of nitrogens with one attached hydrogen (secondary N) is 2. The van der Waals surface area contributed by atoms with Gasteiger partial charge in [-0.05, 0) is 51.2 Å². The van der Waals surface area contributed by atoms with Crippen LogP contribution >= 0.6 is 0 Å². The molecule has 1 saturated heterocycles. The van der Waals surface area contributed by atoms with E-state index in [0.29, 0.717) is 5.92 Å². The Kier molecular flexibility index (Phi) is 5.61. The molecule has 2 aromatic heterocycles. The van der Waals surface area contributed by atoms with Crippen LogP contribution in [0.2, 0.25) is 0 Å². The van der Waals surface area contributed by atoms with Gasteiger partial charge in [0.1, 0.15) is 23.4 Å². The van der Waals surface area contributed by atoms with Gasteiger partial charge in [-0.2, -0.15) is 0 Å². The highest BCUT2D eigenvalue weighted by Crippen LogP contribution is 2.34. The van der Waals surface area contributed by atoms with E-state index in [0.717, 1.165) is 48.3 Å². The van der Waals surface area contributed by atoms with Gasteiger partial charge in [0.25, 0.3) is 0 Å². The van der Waals surface area contributed by atoms with Crippen molar-refractivity contribution in [2.75, 3.05) is 18.0 Å². The van der Waals surface area contributed by atoms with Gasteiger partial charge in [-0.1, -0.05) is 30.3 Å². The number of amides is 1. The highest BCUT2D eigenvalue weighted by Gasteiger charge is 2.31. The lowest BCUT2D eigenvalue weighted by Gasteiger charge is -2.37. The Bertz CT molecular complexity index is 988. The van der Waals surface area contributed by atoms with Crippen molar-refractivity contribution in [1.29, 1.82) is 0 Å². The molecular formula is C23H29N5O2. The van der Waals surface area contributed by atoms with Gasteiger partial charge in [-0.25, -0.2) is 14.8 Å². The van der Waals surface area contributed by atoms with E-state index in [1.54, 1.807) is 6.33 Å². The smallest absolute Gasteiger partial charge is 0.408 e. The third kappa shape index (κ3) is 4.56. The summed E-state index contributed by atoms with van der Waals surface area (Å²) in [6, 6.07) is 12.1. The molecule has 1 aromatic carbocycles. The maximum absolute atomic E-state index is 12.5. The number of aromatic amines is 1. The first-order valence-electron chi connectivity index (χ1n) is 10.5. The van der Waals surface area contributed by atoms with Crippen LogP contribution in [0.1, 0.15) is 45.2 Å². The van der Waals surface area contributed by atoms with Crippen molar-refractivity contribution in [3.8, 4) is 0 Å². The summed E-state index contributed by atoms with van der Waals surface area (Å²) in [6.07, 6.45) is 5.03. The number of alkyl carbamates (subject to hydrolysis) is 1. The SMILES string of the molecule is CC(C)(C)OC(=O)NC(c1ccccc1)C1CCN(c2ncnc3[nH]ccc23)CC1. The average Bonchev–Trinajstić information content (AvgIpc) is 3.21. The molecule has 7 nitrogen and oxygen atoms in total. The molecule has 1 unspecified atom stereocenters. The molecule has 1 aliphatic heterocycles. The number of nitrogens with zero attached hydrogens (tertiary/aromatic N) is 3. The number of aromatic nitrogens is 3. The van der Waals surface area contributed by atoms with Crippen LogP contribution < -0.4 is 10.2 Å². The Morgan fingerprint density at radius 1 is 1.17 bits per heavy atom. The highest BCUT2D eigenvalue weighted by molar-refractivity contribution is 5.87. The molecule has 1 amide bonds. The third-order valence-corrected chi connectivity index (χ3v) is 5.47. The molecule has 0 bridgehead atoms. The van der Waals surface area contributed by atoms with E-state index in [1.807, 2.05) is 51.2 Å². The minimum atomic E-state index is -0.524. The topological polar surface area (TPSA) is 83.1 Å². The summed E-state index contributed by atoms with van der Waals surface area (Å²) in [7, 11) is 0. The number of ether oxygens (including phenoxy) is 1. The van der Waals surface area contributed by atoms with E-state index in [4.69, 9.17) is 4.74 Å². The van der Waals surface area contributed by atoms with Gasteiger partial charge in [0.05, 0.1) is 11.4 Å².